The highest BCUT2D eigenvalue weighted by Gasteiger charge is 2.02. The Labute approximate surface area is 118 Å². The molecule has 0 bridgehead atoms. The van der Waals surface area contributed by atoms with Gasteiger partial charge in [0.15, 0.2) is 0 Å². The van der Waals surface area contributed by atoms with E-state index in [-0.39, 0.29) is 0 Å². The second-order valence-corrected chi connectivity index (χ2v) is 4.85. The summed E-state index contributed by atoms with van der Waals surface area (Å²) in [6.07, 6.45) is 1.71. The summed E-state index contributed by atoms with van der Waals surface area (Å²) in [7, 11) is 0. The number of nitrogens with one attached hydrogen (secondary N) is 1. The van der Waals surface area contributed by atoms with Crippen molar-refractivity contribution < 1.29 is 4.74 Å². The van der Waals surface area contributed by atoms with Gasteiger partial charge in [-0.25, -0.2) is 10.8 Å². The van der Waals surface area contributed by atoms with Crippen LogP contribution in [0.1, 0.15) is 5.56 Å². The average Bonchev–Trinajstić information content (AvgIpc) is 2.38. The molecule has 0 saturated heterocycles. The molecule has 0 radical (unpaired) electrons. The topological polar surface area (TPSA) is 60.2 Å². The number of hydrogen-bond acceptors (Lipinski definition) is 4. The van der Waals surface area contributed by atoms with Crippen molar-refractivity contribution in [3.05, 3.63) is 51.6 Å². The van der Waals surface area contributed by atoms with Crippen LogP contribution < -0.4 is 16.0 Å². The fourth-order valence-electron chi connectivity index (χ4n) is 1.35. The number of hydrazine groups is 1. The van der Waals surface area contributed by atoms with Crippen molar-refractivity contribution in [3.8, 4) is 5.75 Å². The Kier molecular flexibility index (Phi) is 4.41. The molecule has 0 saturated carbocycles. The van der Waals surface area contributed by atoms with Crippen LogP contribution in [-0.2, 0) is 6.61 Å². The lowest BCUT2D eigenvalue weighted by atomic mass is 10.3. The number of aromatic nitrogens is 1. The average molecular weight is 329 g/mol. The number of nitrogens with zero attached hydrogens (tertiary/aromatic N) is 1. The van der Waals surface area contributed by atoms with Gasteiger partial charge in [-0.3, -0.25) is 0 Å². The lowest BCUT2D eigenvalue weighted by Gasteiger charge is -2.08. The van der Waals surface area contributed by atoms with Gasteiger partial charge in [-0.15, -0.1) is 0 Å². The molecule has 0 aliphatic rings. The third-order valence-corrected chi connectivity index (χ3v) is 3.12. The van der Waals surface area contributed by atoms with Crippen LogP contribution in [0.25, 0.3) is 0 Å². The zero-order valence-corrected chi connectivity index (χ0v) is 11.7. The van der Waals surface area contributed by atoms with Crippen LogP contribution >= 0.6 is 27.5 Å². The highest BCUT2D eigenvalue weighted by Crippen LogP contribution is 2.28. The zero-order chi connectivity index (χ0) is 13.0. The van der Waals surface area contributed by atoms with Crippen molar-refractivity contribution in [2.45, 2.75) is 6.61 Å². The molecular weight excluding hydrogens is 318 g/mol. The number of halogens is 2. The largest absolute Gasteiger partial charge is 0.488 e. The summed E-state index contributed by atoms with van der Waals surface area (Å²) in [5, 5.41) is 0.661. The van der Waals surface area contributed by atoms with Crippen molar-refractivity contribution >= 4 is 33.3 Å². The predicted octanol–water partition coefficient (Wildman–Crippen LogP) is 3.36. The molecule has 0 atom stereocenters. The van der Waals surface area contributed by atoms with Crippen molar-refractivity contribution in [3.63, 3.8) is 0 Å². The Balaban J connectivity index is 2.02. The maximum atomic E-state index is 5.85. The fraction of sp³-hybridized carbons (Fsp3) is 0.0833. The van der Waals surface area contributed by atoms with E-state index < -0.39 is 0 Å². The first kappa shape index (κ1) is 13.1. The standard InChI is InChI=1S/C12H11BrClN3O/c13-10-5-9(14)2-3-11(10)18-7-8-1-4-12(17-15)16-6-8/h1-6H,7,15H2,(H,16,17). The molecule has 0 aliphatic heterocycles. The number of anilines is 1. The third-order valence-electron chi connectivity index (χ3n) is 2.26. The highest BCUT2D eigenvalue weighted by molar-refractivity contribution is 9.10. The number of rotatable bonds is 4. The van der Waals surface area contributed by atoms with E-state index in [0.717, 1.165) is 15.8 Å². The van der Waals surface area contributed by atoms with Gasteiger partial charge in [0.1, 0.15) is 18.2 Å². The Bertz CT molecular complexity index is 533. The van der Waals surface area contributed by atoms with Crippen LogP contribution in [0, 0.1) is 0 Å². The Hall–Kier alpha value is -1.30. The van der Waals surface area contributed by atoms with E-state index in [1.165, 1.54) is 0 Å². The molecule has 2 aromatic rings. The van der Waals surface area contributed by atoms with Gasteiger partial charge in [0.2, 0.25) is 0 Å². The van der Waals surface area contributed by atoms with Crippen LogP contribution in [0.2, 0.25) is 5.02 Å². The van der Waals surface area contributed by atoms with Gasteiger partial charge in [0.05, 0.1) is 4.47 Å². The number of ether oxygens (including phenoxy) is 1. The number of nitrogen functional groups attached to an aromatic ring is 1. The lowest BCUT2D eigenvalue weighted by molar-refractivity contribution is 0.304. The quantitative estimate of drug-likeness (QED) is 0.667. The summed E-state index contributed by atoms with van der Waals surface area (Å²) >= 11 is 9.25. The number of benzene rings is 1. The van der Waals surface area contributed by atoms with Crippen LogP contribution in [0.15, 0.2) is 41.0 Å². The van der Waals surface area contributed by atoms with Crippen LogP contribution in [0.4, 0.5) is 5.82 Å². The molecule has 0 spiro atoms. The van der Waals surface area contributed by atoms with Crippen molar-refractivity contribution in [1.29, 1.82) is 0 Å². The van der Waals surface area contributed by atoms with Gasteiger partial charge >= 0.3 is 0 Å². The van der Waals surface area contributed by atoms with E-state index in [1.807, 2.05) is 12.1 Å². The summed E-state index contributed by atoms with van der Waals surface area (Å²) in [4.78, 5) is 4.10. The van der Waals surface area contributed by atoms with E-state index in [0.29, 0.717) is 17.4 Å². The molecule has 1 aromatic heterocycles. The smallest absolute Gasteiger partial charge is 0.139 e. The summed E-state index contributed by atoms with van der Waals surface area (Å²) in [5.41, 5.74) is 3.42. The Morgan fingerprint density at radius 1 is 1.33 bits per heavy atom. The molecule has 0 unspecified atom stereocenters. The molecule has 0 aliphatic carbocycles. The van der Waals surface area contributed by atoms with E-state index in [4.69, 9.17) is 22.2 Å². The molecule has 4 nitrogen and oxygen atoms in total. The summed E-state index contributed by atoms with van der Waals surface area (Å²) in [5.74, 6) is 6.59. The van der Waals surface area contributed by atoms with Crippen molar-refractivity contribution in [2.24, 2.45) is 5.84 Å². The van der Waals surface area contributed by atoms with Gasteiger partial charge in [-0.2, -0.15) is 0 Å². The van der Waals surface area contributed by atoms with E-state index in [2.05, 4.69) is 26.3 Å². The first-order valence-electron chi connectivity index (χ1n) is 5.18. The second-order valence-electron chi connectivity index (χ2n) is 3.56. The molecule has 94 valence electrons. The van der Waals surface area contributed by atoms with E-state index >= 15 is 0 Å². The van der Waals surface area contributed by atoms with Gasteiger partial charge in [-0.1, -0.05) is 17.7 Å². The minimum Gasteiger partial charge on any atom is -0.488 e. The molecule has 1 heterocycles. The Morgan fingerprint density at radius 3 is 2.78 bits per heavy atom. The molecule has 0 amide bonds. The predicted molar refractivity (Wildman–Crippen MR) is 75.5 cm³/mol. The maximum absolute atomic E-state index is 5.85. The van der Waals surface area contributed by atoms with Crippen LogP contribution in [0.5, 0.6) is 5.75 Å². The van der Waals surface area contributed by atoms with Crippen LogP contribution in [-0.4, -0.2) is 4.98 Å². The first-order valence-corrected chi connectivity index (χ1v) is 6.35. The normalized spacial score (nSPS) is 10.2. The maximum Gasteiger partial charge on any atom is 0.139 e. The summed E-state index contributed by atoms with van der Waals surface area (Å²) < 4.78 is 6.48. The number of hydrogen-bond donors (Lipinski definition) is 2. The van der Waals surface area contributed by atoms with Gasteiger partial charge in [0.25, 0.3) is 0 Å². The number of nitrogens with two attached hydrogens (primary N) is 1. The van der Waals surface area contributed by atoms with Gasteiger partial charge in [0, 0.05) is 16.8 Å². The first-order chi connectivity index (χ1) is 8.69. The van der Waals surface area contributed by atoms with Gasteiger partial charge < -0.3 is 10.2 Å². The molecule has 3 N–H and O–H groups in total. The molecule has 2 rings (SSSR count). The minimum atomic E-state index is 0.429. The van der Waals surface area contributed by atoms with Crippen LogP contribution in [0.3, 0.4) is 0 Å². The van der Waals surface area contributed by atoms with Crippen molar-refractivity contribution in [1.82, 2.24) is 4.98 Å². The zero-order valence-electron chi connectivity index (χ0n) is 9.36. The monoisotopic (exact) mass is 327 g/mol. The minimum absolute atomic E-state index is 0.429. The molecule has 0 fully saturated rings. The van der Waals surface area contributed by atoms with Crippen molar-refractivity contribution in [2.75, 3.05) is 5.43 Å². The number of pyridine rings is 1. The summed E-state index contributed by atoms with van der Waals surface area (Å²) in [6, 6.07) is 9.06. The molecule has 1 aromatic carbocycles. The lowest BCUT2D eigenvalue weighted by Crippen LogP contribution is -2.08. The SMILES string of the molecule is NNc1ccc(COc2ccc(Cl)cc2Br)cn1. The van der Waals surface area contributed by atoms with E-state index in [9.17, 15) is 0 Å². The van der Waals surface area contributed by atoms with E-state index in [1.54, 1.807) is 24.4 Å². The molecule has 6 heteroatoms. The van der Waals surface area contributed by atoms with Gasteiger partial charge in [-0.05, 0) is 40.2 Å². The molecular formula is C12H11BrClN3O. The Morgan fingerprint density at radius 2 is 2.17 bits per heavy atom. The second kappa shape index (κ2) is 6.04. The third kappa shape index (κ3) is 3.35. The molecule has 18 heavy (non-hydrogen) atoms. The highest BCUT2D eigenvalue weighted by atomic mass is 79.9. The summed E-state index contributed by atoms with van der Waals surface area (Å²) in [6.45, 7) is 0.429. The fourth-order valence-corrected chi connectivity index (χ4v) is 2.15.